The molecule has 1 fully saturated rings. The SMILES string of the molecule is NC1CCC(S(=O)(=O)O)C1. The second-order valence-electron chi connectivity index (χ2n) is 2.71. The molecule has 0 aromatic rings. The van der Waals surface area contributed by atoms with Gasteiger partial charge < -0.3 is 5.73 Å². The third kappa shape index (κ3) is 1.68. The van der Waals surface area contributed by atoms with Crippen molar-refractivity contribution in [3.8, 4) is 0 Å². The van der Waals surface area contributed by atoms with Crippen molar-refractivity contribution in [1.29, 1.82) is 0 Å². The molecule has 3 N–H and O–H groups in total. The van der Waals surface area contributed by atoms with E-state index in [-0.39, 0.29) is 6.04 Å². The maximum Gasteiger partial charge on any atom is 0.267 e. The predicted octanol–water partition coefficient (Wildman–Crippen LogP) is -0.246. The molecule has 0 aromatic carbocycles. The highest BCUT2D eigenvalue weighted by Gasteiger charge is 2.30. The van der Waals surface area contributed by atoms with Crippen molar-refractivity contribution in [3.63, 3.8) is 0 Å². The Morgan fingerprint density at radius 3 is 2.20 bits per heavy atom. The standard InChI is InChI=1S/C5H11NO3S/c6-4-1-2-5(3-4)10(7,8)9/h4-5H,1-3,6H2,(H,7,8,9). The number of rotatable bonds is 1. The van der Waals surface area contributed by atoms with E-state index in [1.807, 2.05) is 0 Å². The van der Waals surface area contributed by atoms with Gasteiger partial charge in [-0.2, -0.15) is 8.42 Å². The second-order valence-corrected chi connectivity index (χ2v) is 4.41. The summed E-state index contributed by atoms with van der Waals surface area (Å²) in [5, 5.41) is -0.609. The zero-order valence-electron chi connectivity index (χ0n) is 5.53. The minimum Gasteiger partial charge on any atom is -0.328 e. The van der Waals surface area contributed by atoms with Gasteiger partial charge >= 0.3 is 0 Å². The van der Waals surface area contributed by atoms with Crippen molar-refractivity contribution in [2.24, 2.45) is 5.73 Å². The van der Waals surface area contributed by atoms with Gasteiger partial charge in [0.05, 0.1) is 5.25 Å². The molecule has 0 saturated heterocycles. The zero-order valence-corrected chi connectivity index (χ0v) is 6.34. The molecule has 1 aliphatic carbocycles. The summed E-state index contributed by atoms with van der Waals surface area (Å²) in [5.74, 6) is 0. The Labute approximate surface area is 60.2 Å². The van der Waals surface area contributed by atoms with Gasteiger partial charge in [0.15, 0.2) is 0 Å². The molecule has 0 radical (unpaired) electrons. The first kappa shape index (κ1) is 7.97. The number of hydrogen-bond acceptors (Lipinski definition) is 3. The Kier molecular flexibility index (Phi) is 1.98. The Hall–Kier alpha value is -0.130. The number of nitrogens with two attached hydrogens (primary N) is 1. The molecule has 5 heteroatoms. The smallest absolute Gasteiger partial charge is 0.267 e. The van der Waals surface area contributed by atoms with Gasteiger partial charge in [0.1, 0.15) is 0 Å². The van der Waals surface area contributed by atoms with Crippen LogP contribution in [0.25, 0.3) is 0 Å². The van der Waals surface area contributed by atoms with Gasteiger partial charge in [0.2, 0.25) is 0 Å². The lowest BCUT2D eigenvalue weighted by Crippen LogP contribution is -2.21. The fourth-order valence-corrected chi connectivity index (χ4v) is 2.17. The summed E-state index contributed by atoms with van der Waals surface area (Å²) in [4.78, 5) is 0. The Bertz CT molecular complexity index is 211. The minimum atomic E-state index is -3.82. The molecule has 4 nitrogen and oxygen atoms in total. The molecule has 2 unspecified atom stereocenters. The molecule has 60 valence electrons. The van der Waals surface area contributed by atoms with Gasteiger partial charge in [0.25, 0.3) is 10.1 Å². The third-order valence-corrected chi connectivity index (χ3v) is 3.12. The van der Waals surface area contributed by atoms with E-state index in [2.05, 4.69) is 0 Å². The van der Waals surface area contributed by atoms with E-state index in [9.17, 15) is 8.42 Å². The van der Waals surface area contributed by atoms with Gasteiger partial charge in [-0.25, -0.2) is 0 Å². The predicted molar refractivity (Wildman–Crippen MR) is 37.2 cm³/mol. The second kappa shape index (κ2) is 2.48. The topological polar surface area (TPSA) is 80.4 Å². The van der Waals surface area contributed by atoms with Crippen molar-refractivity contribution in [1.82, 2.24) is 0 Å². The van der Waals surface area contributed by atoms with Crippen LogP contribution in [0, 0.1) is 0 Å². The lowest BCUT2D eigenvalue weighted by Gasteiger charge is -2.03. The molecular formula is C5H11NO3S. The van der Waals surface area contributed by atoms with Crippen molar-refractivity contribution in [2.45, 2.75) is 30.6 Å². The van der Waals surface area contributed by atoms with E-state index in [0.717, 1.165) is 0 Å². The summed E-state index contributed by atoms with van der Waals surface area (Å²) < 4.78 is 29.5. The van der Waals surface area contributed by atoms with E-state index in [0.29, 0.717) is 19.3 Å². The fraction of sp³-hybridized carbons (Fsp3) is 1.00. The Morgan fingerprint density at radius 1 is 1.40 bits per heavy atom. The van der Waals surface area contributed by atoms with Crippen LogP contribution in [-0.2, 0) is 10.1 Å². The molecule has 0 aliphatic heterocycles. The molecule has 1 rings (SSSR count). The normalized spacial score (nSPS) is 34.6. The molecule has 0 heterocycles. The molecule has 1 saturated carbocycles. The van der Waals surface area contributed by atoms with Crippen LogP contribution < -0.4 is 5.73 Å². The molecule has 10 heavy (non-hydrogen) atoms. The lowest BCUT2D eigenvalue weighted by atomic mass is 10.3. The molecule has 1 aliphatic rings. The van der Waals surface area contributed by atoms with Crippen molar-refractivity contribution in [3.05, 3.63) is 0 Å². The third-order valence-electron chi connectivity index (χ3n) is 1.85. The van der Waals surface area contributed by atoms with Gasteiger partial charge in [-0.05, 0) is 19.3 Å². The summed E-state index contributed by atoms with van der Waals surface area (Å²) in [6.45, 7) is 0. The van der Waals surface area contributed by atoms with Crippen molar-refractivity contribution in [2.75, 3.05) is 0 Å². The fourth-order valence-electron chi connectivity index (χ4n) is 1.24. The highest BCUT2D eigenvalue weighted by molar-refractivity contribution is 7.86. The van der Waals surface area contributed by atoms with E-state index < -0.39 is 15.4 Å². The van der Waals surface area contributed by atoms with Crippen molar-refractivity contribution >= 4 is 10.1 Å². The summed E-state index contributed by atoms with van der Waals surface area (Å²) in [7, 11) is -3.82. The monoisotopic (exact) mass is 165 g/mol. The molecular weight excluding hydrogens is 154 g/mol. The van der Waals surface area contributed by atoms with Gasteiger partial charge in [-0.1, -0.05) is 0 Å². The summed E-state index contributed by atoms with van der Waals surface area (Å²) >= 11 is 0. The highest BCUT2D eigenvalue weighted by atomic mass is 32.2. The van der Waals surface area contributed by atoms with Crippen molar-refractivity contribution < 1.29 is 13.0 Å². The van der Waals surface area contributed by atoms with Crippen LogP contribution in [-0.4, -0.2) is 24.3 Å². The molecule has 2 atom stereocenters. The maximum atomic E-state index is 10.5. The van der Waals surface area contributed by atoms with Crippen LogP contribution in [0.4, 0.5) is 0 Å². The van der Waals surface area contributed by atoms with E-state index >= 15 is 0 Å². The summed E-state index contributed by atoms with van der Waals surface area (Å²) in [5.41, 5.74) is 5.45. The van der Waals surface area contributed by atoms with Crippen LogP contribution in [0.2, 0.25) is 0 Å². The van der Waals surface area contributed by atoms with Crippen LogP contribution in [0.5, 0.6) is 0 Å². The van der Waals surface area contributed by atoms with Crippen LogP contribution in [0.1, 0.15) is 19.3 Å². The number of hydrogen-bond donors (Lipinski definition) is 2. The quantitative estimate of drug-likeness (QED) is 0.525. The van der Waals surface area contributed by atoms with E-state index in [4.69, 9.17) is 10.3 Å². The van der Waals surface area contributed by atoms with Gasteiger partial charge in [0, 0.05) is 6.04 Å². The lowest BCUT2D eigenvalue weighted by molar-refractivity contribution is 0.466. The maximum absolute atomic E-state index is 10.5. The van der Waals surface area contributed by atoms with E-state index in [1.165, 1.54) is 0 Å². The first-order valence-corrected chi connectivity index (χ1v) is 4.72. The molecule has 0 aromatic heterocycles. The van der Waals surface area contributed by atoms with Gasteiger partial charge in [-0.15, -0.1) is 0 Å². The first-order valence-electron chi connectivity index (χ1n) is 3.22. The average Bonchev–Trinajstić information content (AvgIpc) is 2.11. The van der Waals surface area contributed by atoms with Crippen LogP contribution in [0.15, 0.2) is 0 Å². The highest BCUT2D eigenvalue weighted by Crippen LogP contribution is 2.22. The molecule has 0 amide bonds. The Morgan fingerprint density at radius 2 is 2.00 bits per heavy atom. The van der Waals surface area contributed by atoms with Crippen LogP contribution in [0.3, 0.4) is 0 Å². The first-order chi connectivity index (χ1) is 4.50. The zero-order chi connectivity index (χ0) is 7.78. The Balaban J connectivity index is 2.62. The summed E-state index contributed by atoms with van der Waals surface area (Å²) in [6.07, 6.45) is 1.60. The molecule has 0 bridgehead atoms. The largest absolute Gasteiger partial charge is 0.328 e. The summed E-state index contributed by atoms with van der Waals surface area (Å²) in [6, 6.07) is -0.0491. The molecule has 0 spiro atoms. The van der Waals surface area contributed by atoms with Gasteiger partial charge in [-0.3, -0.25) is 4.55 Å². The van der Waals surface area contributed by atoms with Crippen LogP contribution >= 0.6 is 0 Å². The average molecular weight is 165 g/mol. The van der Waals surface area contributed by atoms with E-state index in [1.54, 1.807) is 0 Å². The minimum absolute atomic E-state index is 0.0491.